The van der Waals surface area contributed by atoms with Gasteiger partial charge in [0.25, 0.3) is 5.91 Å². The molecule has 2 N–H and O–H groups in total. The summed E-state index contributed by atoms with van der Waals surface area (Å²) in [5.74, 6) is 0.615. The maximum absolute atomic E-state index is 12.1. The molecule has 2 heterocycles. The Morgan fingerprint density at radius 2 is 2.05 bits per heavy atom. The number of carbonyl (C=O) groups is 1. The summed E-state index contributed by atoms with van der Waals surface area (Å²) in [6.45, 7) is 0.290. The quantitative estimate of drug-likeness (QED) is 0.879. The Hall–Kier alpha value is -1.86. The fraction of sp³-hybridized carbons (Fsp3) is 0.467. The van der Waals surface area contributed by atoms with Gasteiger partial charge in [-0.3, -0.25) is 4.79 Å². The first-order valence-electron chi connectivity index (χ1n) is 7.43. The summed E-state index contributed by atoms with van der Waals surface area (Å²) in [5.41, 5.74) is 0. The molecule has 3 rings (SSSR count). The van der Waals surface area contributed by atoms with E-state index in [9.17, 15) is 9.90 Å². The number of nitrogens with one attached hydrogen (secondary N) is 1. The number of amides is 1. The molecule has 0 saturated heterocycles. The molecule has 1 atom stereocenters. The molecule has 0 aromatic carbocycles. The van der Waals surface area contributed by atoms with Crippen LogP contribution in [0.5, 0.6) is 0 Å². The molecular weight excluding hydrogens is 300 g/mol. The van der Waals surface area contributed by atoms with Crippen LogP contribution in [-0.4, -0.2) is 38.6 Å². The molecule has 0 radical (unpaired) electrons. The van der Waals surface area contributed by atoms with Crippen LogP contribution in [0, 0.1) is 5.92 Å². The number of carbonyl (C=O) groups excluding carboxylic acids is 1. The summed E-state index contributed by atoms with van der Waals surface area (Å²) in [7, 11) is 0. The molecule has 0 spiro atoms. The number of aromatic nitrogens is 3. The number of rotatable bonds is 5. The number of hydrogen-bond acceptors (Lipinski definition) is 6. The van der Waals surface area contributed by atoms with Gasteiger partial charge in [0.2, 0.25) is 0 Å². The van der Waals surface area contributed by atoms with Crippen molar-refractivity contribution < 1.29 is 9.90 Å². The van der Waals surface area contributed by atoms with E-state index in [1.807, 2.05) is 0 Å². The van der Waals surface area contributed by atoms with Crippen molar-refractivity contribution in [2.75, 3.05) is 6.54 Å². The Bertz CT molecular complexity index is 625. The van der Waals surface area contributed by atoms with Gasteiger partial charge in [0, 0.05) is 18.9 Å². The molecule has 2 aromatic rings. The third-order valence-electron chi connectivity index (χ3n) is 3.90. The lowest BCUT2D eigenvalue weighted by Crippen LogP contribution is -2.35. The van der Waals surface area contributed by atoms with Gasteiger partial charge in [-0.1, -0.05) is 12.8 Å². The summed E-state index contributed by atoms with van der Waals surface area (Å²) in [6.07, 6.45) is 8.78. The third-order valence-corrected chi connectivity index (χ3v) is 4.89. The van der Waals surface area contributed by atoms with E-state index in [0.29, 0.717) is 28.2 Å². The average Bonchev–Trinajstić information content (AvgIpc) is 3.24. The third kappa shape index (κ3) is 3.48. The number of nitrogens with zero attached hydrogens (tertiary/aromatic N) is 3. The predicted octanol–water partition coefficient (Wildman–Crippen LogP) is 1.88. The second kappa shape index (κ2) is 6.93. The fourth-order valence-electron chi connectivity index (χ4n) is 2.69. The molecule has 1 aliphatic rings. The maximum Gasteiger partial charge on any atom is 0.263 e. The van der Waals surface area contributed by atoms with Crippen LogP contribution in [-0.2, 0) is 0 Å². The van der Waals surface area contributed by atoms with Crippen molar-refractivity contribution in [1.82, 2.24) is 20.3 Å². The Balaban J connectivity index is 1.57. The summed E-state index contributed by atoms with van der Waals surface area (Å²) in [4.78, 5) is 25.0. The molecule has 1 saturated carbocycles. The smallest absolute Gasteiger partial charge is 0.263 e. The lowest BCUT2D eigenvalue weighted by molar-refractivity contribution is 0.0843. The van der Waals surface area contributed by atoms with Crippen molar-refractivity contribution in [3.63, 3.8) is 0 Å². The van der Waals surface area contributed by atoms with Crippen LogP contribution in [0.25, 0.3) is 10.8 Å². The molecule has 6 nitrogen and oxygen atoms in total. The van der Waals surface area contributed by atoms with Crippen molar-refractivity contribution in [3.05, 3.63) is 29.5 Å². The van der Waals surface area contributed by atoms with E-state index in [0.717, 1.165) is 12.8 Å². The van der Waals surface area contributed by atoms with Gasteiger partial charge in [-0.15, -0.1) is 11.3 Å². The van der Waals surface area contributed by atoms with Gasteiger partial charge in [0.1, 0.15) is 4.88 Å². The van der Waals surface area contributed by atoms with Crippen molar-refractivity contribution in [2.45, 2.75) is 31.8 Å². The Labute approximate surface area is 132 Å². The van der Waals surface area contributed by atoms with Gasteiger partial charge < -0.3 is 10.4 Å². The van der Waals surface area contributed by atoms with Crippen LogP contribution in [0.1, 0.15) is 35.4 Å². The van der Waals surface area contributed by atoms with Gasteiger partial charge in [-0.05, 0) is 24.8 Å². The van der Waals surface area contributed by atoms with Gasteiger partial charge >= 0.3 is 0 Å². The van der Waals surface area contributed by atoms with E-state index in [-0.39, 0.29) is 5.91 Å². The van der Waals surface area contributed by atoms with E-state index in [4.69, 9.17) is 0 Å². The molecule has 1 amide bonds. The molecule has 1 fully saturated rings. The second-order valence-corrected chi connectivity index (χ2v) is 6.45. The maximum atomic E-state index is 12.1. The highest BCUT2D eigenvalue weighted by molar-refractivity contribution is 7.16. The Morgan fingerprint density at radius 1 is 1.32 bits per heavy atom. The summed E-state index contributed by atoms with van der Waals surface area (Å²) in [6, 6.07) is 1.73. The molecular formula is C15H18N4O2S. The Kier molecular flexibility index (Phi) is 4.74. The minimum atomic E-state index is -0.462. The first kappa shape index (κ1) is 15.1. The van der Waals surface area contributed by atoms with Crippen LogP contribution in [0.4, 0.5) is 0 Å². The number of hydrogen-bond donors (Lipinski definition) is 2. The number of aliphatic hydroxyl groups excluding tert-OH is 1. The van der Waals surface area contributed by atoms with Crippen molar-refractivity contribution in [3.8, 4) is 10.8 Å². The highest BCUT2D eigenvalue weighted by Crippen LogP contribution is 2.27. The summed E-state index contributed by atoms with van der Waals surface area (Å²) < 4.78 is 0. The van der Waals surface area contributed by atoms with Crippen molar-refractivity contribution in [2.24, 2.45) is 5.92 Å². The molecule has 22 heavy (non-hydrogen) atoms. The largest absolute Gasteiger partial charge is 0.391 e. The lowest BCUT2D eigenvalue weighted by Gasteiger charge is -2.17. The summed E-state index contributed by atoms with van der Waals surface area (Å²) in [5, 5.41) is 13.5. The normalized spacial score (nSPS) is 16.6. The van der Waals surface area contributed by atoms with Crippen LogP contribution >= 0.6 is 11.3 Å². The highest BCUT2D eigenvalue weighted by Gasteiger charge is 2.23. The standard InChI is InChI=1S/C15H18N4O2S/c20-11(10-4-1-2-5-10)8-18-14(21)12-9-19-15(22-12)13-16-6-3-7-17-13/h3,6-7,9-11,20H,1-2,4-5,8H2,(H,18,21). The second-order valence-electron chi connectivity index (χ2n) is 5.42. The average molecular weight is 318 g/mol. The molecule has 1 aliphatic carbocycles. The zero-order chi connectivity index (χ0) is 15.4. The van der Waals surface area contributed by atoms with Gasteiger partial charge in [-0.25, -0.2) is 15.0 Å². The fourth-order valence-corrected chi connectivity index (χ4v) is 3.47. The number of aliphatic hydroxyl groups is 1. The summed E-state index contributed by atoms with van der Waals surface area (Å²) >= 11 is 1.25. The molecule has 7 heteroatoms. The van der Waals surface area contributed by atoms with Crippen molar-refractivity contribution in [1.29, 1.82) is 0 Å². The molecule has 116 valence electrons. The van der Waals surface area contributed by atoms with E-state index in [1.54, 1.807) is 18.5 Å². The zero-order valence-corrected chi connectivity index (χ0v) is 12.9. The Morgan fingerprint density at radius 3 is 2.77 bits per heavy atom. The van der Waals surface area contributed by atoms with Crippen LogP contribution < -0.4 is 5.32 Å². The minimum Gasteiger partial charge on any atom is -0.391 e. The molecule has 0 bridgehead atoms. The van der Waals surface area contributed by atoms with Crippen LogP contribution in [0.3, 0.4) is 0 Å². The van der Waals surface area contributed by atoms with Gasteiger partial charge in [0.05, 0.1) is 12.3 Å². The molecule has 2 aromatic heterocycles. The monoisotopic (exact) mass is 318 g/mol. The molecule has 1 unspecified atom stereocenters. The van der Waals surface area contributed by atoms with E-state index >= 15 is 0 Å². The van der Waals surface area contributed by atoms with E-state index in [1.165, 1.54) is 30.4 Å². The van der Waals surface area contributed by atoms with Crippen LogP contribution in [0.15, 0.2) is 24.7 Å². The van der Waals surface area contributed by atoms with Gasteiger partial charge in [-0.2, -0.15) is 0 Å². The predicted molar refractivity (Wildman–Crippen MR) is 83.4 cm³/mol. The zero-order valence-electron chi connectivity index (χ0n) is 12.1. The van der Waals surface area contributed by atoms with Crippen LogP contribution in [0.2, 0.25) is 0 Å². The first-order chi connectivity index (χ1) is 10.7. The number of thiazole rings is 1. The molecule has 0 aliphatic heterocycles. The SMILES string of the molecule is O=C(NCC(O)C1CCCC1)c1cnc(-c2ncccn2)s1. The van der Waals surface area contributed by atoms with E-state index in [2.05, 4.69) is 20.3 Å². The lowest BCUT2D eigenvalue weighted by atomic mass is 10.0. The first-order valence-corrected chi connectivity index (χ1v) is 8.25. The van der Waals surface area contributed by atoms with Crippen molar-refractivity contribution >= 4 is 17.2 Å². The van der Waals surface area contributed by atoms with Gasteiger partial charge in [0.15, 0.2) is 10.8 Å². The topological polar surface area (TPSA) is 88.0 Å². The highest BCUT2D eigenvalue weighted by atomic mass is 32.1. The van der Waals surface area contributed by atoms with E-state index < -0.39 is 6.10 Å². The minimum absolute atomic E-state index is 0.211.